The number of rotatable bonds is 6. The van der Waals surface area contributed by atoms with Crippen LogP contribution in [0.25, 0.3) is 0 Å². The van der Waals surface area contributed by atoms with Crippen LogP contribution in [0.4, 0.5) is 4.79 Å². The highest BCUT2D eigenvalue weighted by Gasteiger charge is 2.35. The number of carbonyl (C=O) groups is 1. The van der Waals surface area contributed by atoms with Crippen LogP contribution in [0.2, 0.25) is 0 Å². The van der Waals surface area contributed by atoms with E-state index in [2.05, 4.69) is 55.2 Å². The number of aryl methyl sites for hydroxylation is 2. The maximum atomic E-state index is 13.6. The van der Waals surface area contributed by atoms with Gasteiger partial charge >= 0.3 is 6.03 Å². The quantitative estimate of drug-likeness (QED) is 0.637. The van der Waals surface area contributed by atoms with Gasteiger partial charge in [-0.25, -0.2) is 9.78 Å². The molecule has 0 unspecified atom stereocenters. The van der Waals surface area contributed by atoms with Crippen molar-refractivity contribution in [2.75, 3.05) is 13.1 Å². The van der Waals surface area contributed by atoms with E-state index >= 15 is 0 Å². The number of amides is 2. The zero-order chi connectivity index (χ0) is 22.6. The van der Waals surface area contributed by atoms with Crippen LogP contribution in [0.3, 0.4) is 0 Å². The number of likely N-dealkylation sites (tertiary alicyclic amines) is 1. The fourth-order valence-electron chi connectivity index (χ4n) is 4.45. The van der Waals surface area contributed by atoms with Crippen LogP contribution in [0.15, 0.2) is 67.3 Å². The van der Waals surface area contributed by atoms with Gasteiger partial charge in [0.25, 0.3) is 0 Å². The van der Waals surface area contributed by atoms with E-state index in [1.54, 1.807) is 12.5 Å². The van der Waals surface area contributed by atoms with Crippen LogP contribution >= 0.6 is 0 Å². The average Bonchev–Trinajstić information content (AvgIpc) is 3.26. The van der Waals surface area contributed by atoms with Gasteiger partial charge < -0.3 is 19.5 Å². The maximum absolute atomic E-state index is 13.6. The van der Waals surface area contributed by atoms with Gasteiger partial charge in [-0.1, -0.05) is 59.7 Å². The van der Waals surface area contributed by atoms with Crippen molar-refractivity contribution in [2.24, 2.45) is 0 Å². The number of piperidine rings is 1. The SMILES string of the molecule is Cc1cccc(CN(Cc2cccc(C)c2)C(=O)N2CCC(O)(Cn3ccnc3)CC2)c1. The third kappa shape index (κ3) is 5.56. The van der Waals surface area contributed by atoms with Gasteiger partial charge in [-0.2, -0.15) is 0 Å². The van der Waals surface area contributed by atoms with Crippen molar-refractivity contribution in [3.8, 4) is 0 Å². The minimum absolute atomic E-state index is 0.0256. The molecule has 0 saturated carbocycles. The number of urea groups is 1. The Bertz CT molecular complexity index is 992. The normalized spacial score (nSPS) is 15.5. The van der Waals surface area contributed by atoms with Gasteiger partial charge in [0, 0.05) is 38.6 Å². The predicted octanol–water partition coefficient (Wildman–Crippen LogP) is 4.15. The second-order valence-electron chi connectivity index (χ2n) is 9.06. The van der Waals surface area contributed by atoms with E-state index in [9.17, 15) is 9.90 Å². The summed E-state index contributed by atoms with van der Waals surface area (Å²) in [6.45, 7) is 6.86. The zero-order valence-corrected chi connectivity index (χ0v) is 18.9. The maximum Gasteiger partial charge on any atom is 0.320 e. The Kier molecular flexibility index (Phi) is 6.61. The van der Waals surface area contributed by atoms with Gasteiger partial charge in [-0.3, -0.25) is 0 Å². The second-order valence-corrected chi connectivity index (χ2v) is 9.06. The van der Waals surface area contributed by atoms with Crippen molar-refractivity contribution in [3.63, 3.8) is 0 Å². The van der Waals surface area contributed by atoms with Crippen molar-refractivity contribution in [1.82, 2.24) is 19.4 Å². The third-order valence-corrected chi connectivity index (χ3v) is 6.18. The summed E-state index contributed by atoms with van der Waals surface area (Å²) in [5.74, 6) is 0. The van der Waals surface area contributed by atoms with Gasteiger partial charge in [0.2, 0.25) is 0 Å². The Morgan fingerprint density at radius 1 is 1.03 bits per heavy atom. The van der Waals surface area contributed by atoms with Gasteiger partial charge in [0.05, 0.1) is 18.5 Å². The fraction of sp³-hybridized carbons (Fsp3) is 0.385. The van der Waals surface area contributed by atoms with E-state index in [4.69, 9.17) is 0 Å². The monoisotopic (exact) mass is 432 g/mol. The fourth-order valence-corrected chi connectivity index (χ4v) is 4.45. The Balaban J connectivity index is 1.47. The molecule has 0 bridgehead atoms. The molecule has 1 saturated heterocycles. The van der Waals surface area contributed by atoms with E-state index in [1.165, 1.54) is 11.1 Å². The van der Waals surface area contributed by atoms with E-state index in [0.717, 1.165) is 11.1 Å². The van der Waals surface area contributed by atoms with Crippen LogP contribution in [0.5, 0.6) is 0 Å². The van der Waals surface area contributed by atoms with Crippen molar-refractivity contribution in [1.29, 1.82) is 0 Å². The number of benzene rings is 2. The molecule has 2 amide bonds. The first-order chi connectivity index (χ1) is 15.4. The lowest BCUT2D eigenvalue weighted by molar-refractivity contribution is -0.0287. The van der Waals surface area contributed by atoms with E-state index in [-0.39, 0.29) is 6.03 Å². The first-order valence-electron chi connectivity index (χ1n) is 11.2. The van der Waals surface area contributed by atoms with Gasteiger partial charge in [0.15, 0.2) is 0 Å². The molecule has 4 rings (SSSR count). The lowest BCUT2D eigenvalue weighted by atomic mass is 9.91. The molecule has 6 heteroatoms. The zero-order valence-electron chi connectivity index (χ0n) is 18.9. The molecule has 0 aliphatic carbocycles. The lowest BCUT2D eigenvalue weighted by Gasteiger charge is -2.40. The third-order valence-electron chi connectivity index (χ3n) is 6.18. The summed E-state index contributed by atoms with van der Waals surface area (Å²) in [5.41, 5.74) is 3.82. The number of aromatic nitrogens is 2. The summed E-state index contributed by atoms with van der Waals surface area (Å²) in [4.78, 5) is 21.4. The van der Waals surface area contributed by atoms with Crippen LogP contribution in [0.1, 0.15) is 35.1 Å². The first kappa shape index (κ1) is 22.1. The molecule has 1 aromatic heterocycles. The number of hydrogen-bond donors (Lipinski definition) is 1. The molecule has 3 aromatic rings. The Morgan fingerprint density at radius 2 is 1.62 bits per heavy atom. The molecule has 0 atom stereocenters. The van der Waals surface area contributed by atoms with Crippen molar-refractivity contribution < 1.29 is 9.90 Å². The molecular weight excluding hydrogens is 400 g/mol. The molecule has 0 spiro atoms. The van der Waals surface area contributed by atoms with E-state index < -0.39 is 5.60 Å². The number of imidazole rings is 1. The summed E-state index contributed by atoms with van der Waals surface area (Å²) in [7, 11) is 0. The molecule has 1 N–H and O–H groups in total. The summed E-state index contributed by atoms with van der Waals surface area (Å²) < 4.78 is 1.90. The molecule has 1 fully saturated rings. The number of carbonyl (C=O) groups excluding carboxylic acids is 1. The van der Waals surface area contributed by atoms with Crippen molar-refractivity contribution in [3.05, 3.63) is 89.5 Å². The molecule has 6 nitrogen and oxygen atoms in total. The second kappa shape index (κ2) is 9.57. The first-order valence-corrected chi connectivity index (χ1v) is 11.2. The highest BCUT2D eigenvalue weighted by Crippen LogP contribution is 2.26. The van der Waals surface area contributed by atoms with Crippen molar-refractivity contribution >= 4 is 6.03 Å². The Morgan fingerprint density at radius 3 is 2.12 bits per heavy atom. The van der Waals surface area contributed by atoms with Crippen LogP contribution in [-0.2, 0) is 19.6 Å². The number of nitrogens with zero attached hydrogens (tertiary/aromatic N) is 4. The van der Waals surface area contributed by atoms with E-state index in [1.807, 2.05) is 32.7 Å². The molecule has 168 valence electrons. The highest BCUT2D eigenvalue weighted by molar-refractivity contribution is 5.74. The van der Waals surface area contributed by atoms with Crippen LogP contribution in [-0.4, -0.2) is 49.2 Å². The van der Waals surface area contributed by atoms with Crippen molar-refractivity contribution in [2.45, 2.75) is 51.9 Å². The summed E-state index contributed by atoms with van der Waals surface area (Å²) in [5, 5.41) is 11.0. The Labute approximate surface area is 190 Å². The molecule has 2 aromatic carbocycles. The van der Waals surface area contributed by atoms with Crippen LogP contribution in [0, 0.1) is 13.8 Å². The topological polar surface area (TPSA) is 61.6 Å². The molecule has 0 radical (unpaired) electrons. The number of hydrogen-bond acceptors (Lipinski definition) is 3. The van der Waals surface area contributed by atoms with Gasteiger partial charge in [-0.15, -0.1) is 0 Å². The Hall–Kier alpha value is -3.12. The average molecular weight is 433 g/mol. The summed E-state index contributed by atoms with van der Waals surface area (Å²) in [6.07, 6.45) is 6.41. The number of aliphatic hydroxyl groups is 1. The summed E-state index contributed by atoms with van der Waals surface area (Å²) >= 11 is 0. The minimum atomic E-state index is -0.810. The van der Waals surface area contributed by atoms with Gasteiger partial charge in [-0.05, 0) is 37.8 Å². The minimum Gasteiger partial charge on any atom is -0.388 e. The molecule has 1 aliphatic rings. The highest BCUT2D eigenvalue weighted by atomic mass is 16.3. The van der Waals surface area contributed by atoms with Crippen LogP contribution < -0.4 is 0 Å². The molecular formula is C26H32N4O2. The molecule has 1 aliphatic heterocycles. The van der Waals surface area contributed by atoms with Gasteiger partial charge in [0.1, 0.15) is 0 Å². The molecule has 32 heavy (non-hydrogen) atoms. The standard InChI is InChI=1S/C26H32N4O2/c1-21-5-3-7-23(15-21)17-30(18-24-8-4-6-22(2)16-24)25(31)29-12-9-26(32,10-13-29)19-28-14-11-27-20-28/h3-8,11,14-16,20,32H,9-10,12-13,17-19H2,1-2H3. The van der Waals surface area contributed by atoms with E-state index in [0.29, 0.717) is 45.6 Å². The predicted molar refractivity (Wildman–Crippen MR) is 125 cm³/mol. The molecule has 2 heterocycles. The lowest BCUT2D eigenvalue weighted by Crippen LogP contribution is -2.52. The smallest absolute Gasteiger partial charge is 0.320 e. The summed E-state index contributed by atoms with van der Waals surface area (Å²) in [6, 6.07) is 16.7. The largest absolute Gasteiger partial charge is 0.388 e.